The SMILES string of the molecule is COc1cc2c(OCCN3CCCC3)nc3c4cc5c(cc4cc(OCCN4CCC(N6CCCCC6)CC4)c3c2cc1OC)OCO5. The molecule has 0 atom stereocenters. The smallest absolute Gasteiger partial charge is 0.231 e. The standard InChI is InChI=1S/C38H48N4O6/c1-43-31-23-29-30(24-32(31)44-2)38(46-19-17-40-10-6-7-11-40)39-37-28-22-34-33(47-25-48-34)20-26(28)21-35(36(29)37)45-18-16-41-14-8-27(9-15-41)42-12-4-3-5-13-42/h20-24,27H,3-19,25H2,1-2H3. The van der Waals surface area contributed by atoms with Crippen molar-refractivity contribution in [3.63, 3.8) is 0 Å². The van der Waals surface area contributed by atoms with Crippen LogP contribution in [0.1, 0.15) is 44.9 Å². The molecular formula is C38H48N4O6. The van der Waals surface area contributed by atoms with E-state index in [2.05, 4.69) is 20.8 Å². The molecule has 10 nitrogen and oxygen atoms in total. The van der Waals surface area contributed by atoms with Crippen molar-refractivity contribution in [3.05, 3.63) is 30.3 Å². The lowest BCUT2D eigenvalue weighted by Gasteiger charge is -2.40. The molecule has 0 saturated carbocycles. The molecule has 0 unspecified atom stereocenters. The normalized spacial score (nSPS) is 19.5. The number of rotatable bonds is 11. The van der Waals surface area contributed by atoms with Crippen molar-refractivity contribution in [1.82, 2.24) is 19.7 Å². The van der Waals surface area contributed by atoms with Crippen LogP contribution in [0, 0.1) is 0 Å². The maximum absolute atomic E-state index is 6.74. The van der Waals surface area contributed by atoms with Crippen LogP contribution in [-0.4, -0.2) is 112 Å². The van der Waals surface area contributed by atoms with Crippen LogP contribution in [0.25, 0.3) is 32.4 Å². The van der Waals surface area contributed by atoms with Crippen LogP contribution >= 0.6 is 0 Å². The molecule has 1 aromatic heterocycles. The topological polar surface area (TPSA) is 78.0 Å². The molecule has 0 radical (unpaired) electrons. The minimum atomic E-state index is 0.208. The molecule has 0 aliphatic carbocycles. The molecule has 5 heterocycles. The molecule has 0 spiro atoms. The van der Waals surface area contributed by atoms with Crippen LogP contribution in [0.4, 0.5) is 0 Å². The van der Waals surface area contributed by atoms with Gasteiger partial charge in [0.05, 0.1) is 25.1 Å². The van der Waals surface area contributed by atoms with Crippen molar-refractivity contribution >= 4 is 32.4 Å². The maximum atomic E-state index is 6.74. The second-order valence-electron chi connectivity index (χ2n) is 13.6. The summed E-state index contributed by atoms with van der Waals surface area (Å²) in [5.41, 5.74) is 0.805. The monoisotopic (exact) mass is 656 g/mol. The Hall–Kier alpha value is -3.73. The zero-order chi connectivity index (χ0) is 32.5. The van der Waals surface area contributed by atoms with E-state index < -0.39 is 0 Å². The van der Waals surface area contributed by atoms with Gasteiger partial charge in [0.2, 0.25) is 12.7 Å². The lowest BCUT2D eigenvalue weighted by Crippen LogP contribution is -2.47. The molecule has 0 amide bonds. The Kier molecular flexibility index (Phi) is 9.21. The maximum Gasteiger partial charge on any atom is 0.231 e. The Balaban J connectivity index is 1.14. The van der Waals surface area contributed by atoms with Gasteiger partial charge in [0.1, 0.15) is 19.0 Å². The van der Waals surface area contributed by atoms with E-state index in [0.29, 0.717) is 30.6 Å². The first-order valence-corrected chi connectivity index (χ1v) is 17.9. The van der Waals surface area contributed by atoms with Crippen LogP contribution in [0.15, 0.2) is 30.3 Å². The van der Waals surface area contributed by atoms with Gasteiger partial charge in [-0.25, -0.2) is 4.98 Å². The fraction of sp³-hybridized carbons (Fsp3) is 0.553. The Bertz CT molecular complexity index is 1760. The molecule has 48 heavy (non-hydrogen) atoms. The second kappa shape index (κ2) is 14.0. The van der Waals surface area contributed by atoms with Gasteiger partial charge < -0.3 is 33.3 Å². The number of fused-ring (bicyclic) bond motifs is 6. The highest BCUT2D eigenvalue weighted by molar-refractivity contribution is 6.20. The third kappa shape index (κ3) is 6.26. The number of ether oxygens (including phenoxy) is 6. The highest BCUT2D eigenvalue weighted by Gasteiger charge is 2.26. The van der Waals surface area contributed by atoms with Crippen molar-refractivity contribution in [2.75, 3.05) is 86.6 Å². The van der Waals surface area contributed by atoms with E-state index in [1.165, 1.54) is 58.0 Å². The molecule has 3 fully saturated rings. The van der Waals surface area contributed by atoms with E-state index in [1.54, 1.807) is 14.2 Å². The van der Waals surface area contributed by atoms with Gasteiger partial charge in [0.15, 0.2) is 23.0 Å². The molecule has 0 N–H and O–H groups in total. The van der Waals surface area contributed by atoms with Crippen molar-refractivity contribution in [2.45, 2.75) is 51.0 Å². The van der Waals surface area contributed by atoms with Gasteiger partial charge in [-0.2, -0.15) is 0 Å². The molecule has 10 heteroatoms. The second-order valence-corrected chi connectivity index (χ2v) is 13.6. The number of benzene rings is 3. The minimum absolute atomic E-state index is 0.208. The van der Waals surface area contributed by atoms with E-state index >= 15 is 0 Å². The number of methoxy groups -OCH3 is 2. The number of hydrogen-bond donors (Lipinski definition) is 0. The number of pyridine rings is 1. The van der Waals surface area contributed by atoms with Crippen molar-refractivity contribution in [1.29, 1.82) is 0 Å². The van der Waals surface area contributed by atoms with Gasteiger partial charge in [-0.3, -0.25) is 9.80 Å². The van der Waals surface area contributed by atoms with Gasteiger partial charge >= 0.3 is 0 Å². The van der Waals surface area contributed by atoms with Crippen LogP contribution < -0.4 is 28.4 Å². The number of hydrogen-bond acceptors (Lipinski definition) is 10. The molecule has 4 aliphatic heterocycles. The average molecular weight is 657 g/mol. The van der Waals surface area contributed by atoms with E-state index in [9.17, 15) is 0 Å². The van der Waals surface area contributed by atoms with E-state index in [1.807, 2.05) is 24.3 Å². The predicted octanol–water partition coefficient (Wildman–Crippen LogP) is 6.09. The molecular weight excluding hydrogens is 608 g/mol. The van der Waals surface area contributed by atoms with Crippen molar-refractivity contribution in [3.8, 4) is 34.6 Å². The summed E-state index contributed by atoms with van der Waals surface area (Å²) < 4.78 is 36.4. The van der Waals surface area contributed by atoms with Gasteiger partial charge in [0.25, 0.3) is 0 Å². The quantitative estimate of drug-likeness (QED) is 0.177. The van der Waals surface area contributed by atoms with E-state index in [4.69, 9.17) is 33.4 Å². The molecule has 4 aliphatic rings. The lowest BCUT2D eigenvalue weighted by molar-refractivity contribution is 0.0859. The summed E-state index contributed by atoms with van der Waals surface area (Å²) in [7, 11) is 3.33. The summed E-state index contributed by atoms with van der Waals surface area (Å²) >= 11 is 0. The lowest BCUT2D eigenvalue weighted by atomic mass is 9.99. The van der Waals surface area contributed by atoms with Crippen molar-refractivity contribution in [2.24, 2.45) is 0 Å². The number of likely N-dealkylation sites (tertiary alicyclic amines) is 3. The third-order valence-corrected chi connectivity index (χ3v) is 10.8. The molecule has 3 aromatic carbocycles. The minimum Gasteiger partial charge on any atom is -0.493 e. The summed E-state index contributed by atoms with van der Waals surface area (Å²) in [5.74, 6) is 4.09. The zero-order valence-electron chi connectivity index (χ0n) is 28.4. The summed E-state index contributed by atoms with van der Waals surface area (Å²) in [6.07, 6.45) is 9.06. The van der Waals surface area contributed by atoms with Crippen LogP contribution in [0.3, 0.4) is 0 Å². The Morgan fingerprint density at radius 2 is 1.31 bits per heavy atom. The van der Waals surface area contributed by atoms with Gasteiger partial charge in [-0.15, -0.1) is 0 Å². The molecule has 0 bridgehead atoms. The predicted molar refractivity (Wildman–Crippen MR) is 188 cm³/mol. The Morgan fingerprint density at radius 1 is 0.667 bits per heavy atom. The van der Waals surface area contributed by atoms with Gasteiger partial charge in [-0.1, -0.05) is 6.42 Å². The highest BCUT2D eigenvalue weighted by Crippen LogP contribution is 2.46. The summed E-state index contributed by atoms with van der Waals surface area (Å²) in [6.45, 7) is 10.1. The van der Waals surface area contributed by atoms with Crippen LogP contribution in [0.2, 0.25) is 0 Å². The fourth-order valence-electron chi connectivity index (χ4n) is 8.13. The fourth-order valence-corrected chi connectivity index (χ4v) is 8.13. The molecule has 8 rings (SSSR count). The van der Waals surface area contributed by atoms with E-state index in [-0.39, 0.29) is 6.79 Å². The van der Waals surface area contributed by atoms with Crippen LogP contribution in [-0.2, 0) is 0 Å². The number of aromatic nitrogens is 1. The zero-order valence-corrected chi connectivity index (χ0v) is 28.4. The summed E-state index contributed by atoms with van der Waals surface area (Å²) in [5, 5.41) is 4.69. The van der Waals surface area contributed by atoms with Crippen molar-refractivity contribution < 1.29 is 28.4 Å². The summed E-state index contributed by atoms with van der Waals surface area (Å²) in [6, 6.07) is 10.9. The molecule has 3 saturated heterocycles. The Morgan fingerprint density at radius 3 is 2.04 bits per heavy atom. The average Bonchev–Trinajstić information content (AvgIpc) is 3.83. The first-order chi connectivity index (χ1) is 23.7. The first kappa shape index (κ1) is 31.5. The third-order valence-electron chi connectivity index (χ3n) is 10.8. The highest BCUT2D eigenvalue weighted by atomic mass is 16.7. The van der Waals surface area contributed by atoms with Gasteiger partial charge in [-0.05, 0) is 114 Å². The largest absolute Gasteiger partial charge is 0.493 e. The number of piperidine rings is 2. The van der Waals surface area contributed by atoms with Gasteiger partial charge in [0, 0.05) is 35.3 Å². The number of nitrogens with zero attached hydrogens (tertiary/aromatic N) is 4. The molecule has 256 valence electrons. The first-order valence-electron chi connectivity index (χ1n) is 17.9. The molecule has 4 aromatic rings. The van der Waals surface area contributed by atoms with E-state index in [0.717, 1.165) is 95.0 Å². The van der Waals surface area contributed by atoms with Crippen LogP contribution in [0.5, 0.6) is 34.6 Å². The Labute approximate surface area is 282 Å². The summed E-state index contributed by atoms with van der Waals surface area (Å²) in [4.78, 5) is 13.0.